The molecule has 8 nitrogen and oxygen atoms in total. The van der Waals surface area contributed by atoms with Crippen molar-refractivity contribution in [3.8, 4) is 6.07 Å². The predicted molar refractivity (Wildman–Crippen MR) is 84.2 cm³/mol. The highest BCUT2D eigenvalue weighted by molar-refractivity contribution is 6.33. The molecule has 0 aromatic heterocycles. The summed E-state index contributed by atoms with van der Waals surface area (Å²) < 4.78 is 54.0. The number of rotatable bonds is 4. The first-order valence-electron chi connectivity index (χ1n) is 6.66. The average molecular weight is 405 g/mol. The summed E-state index contributed by atoms with van der Waals surface area (Å²) in [6, 6.07) is 3.52. The van der Waals surface area contributed by atoms with Crippen LogP contribution in [0.1, 0.15) is 11.1 Å². The molecule has 0 unspecified atom stereocenters. The van der Waals surface area contributed by atoms with Crippen LogP contribution in [0.3, 0.4) is 0 Å². The van der Waals surface area contributed by atoms with Crippen LogP contribution in [0.4, 0.5) is 40.3 Å². The third kappa shape index (κ3) is 4.04. The van der Waals surface area contributed by atoms with E-state index in [1.54, 1.807) is 6.07 Å². The van der Waals surface area contributed by atoms with E-state index in [-0.39, 0.29) is 11.6 Å². The van der Waals surface area contributed by atoms with Crippen molar-refractivity contribution in [2.24, 2.45) is 0 Å². The quantitative estimate of drug-likeness (QED) is 0.438. The van der Waals surface area contributed by atoms with Crippen LogP contribution >= 0.6 is 11.6 Å². The number of nitrogens with zero attached hydrogens (tertiary/aromatic N) is 3. The number of nitro groups is 2. The molecule has 2 aromatic rings. The molecule has 0 atom stereocenters. The van der Waals surface area contributed by atoms with Crippen LogP contribution in [0.2, 0.25) is 5.02 Å². The number of benzene rings is 2. The van der Waals surface area contributed by atoms with Crippen molar-refractivity contribution >= 4 is 34.4 Å². The molecule has 13 heteroatoms. The van der Waals surface area contributed by atoms with Gasteiger partial charge in [0.25, 0.3) is 11.4 Å². The maximum absolute atomic E-state index is 14.1. The predicted octanol–water partition coefficient (Wildman–Crippen LogP) is 4.93. The van der Waals surface area contributed by atoms with E-state index in [0.29, 0.717) is 12.1 Å². The van der Waals surface area contributed by atoms with Crippen LogP contribution in [-0.2, 0) is 6.18 Å². The van der Waals surface area contributed by atoms with Gasteiger partial charge in [-0.25, -0.2) is 4.39 Å². The Kier molecular flexibility index (Phi) is 5.18. The first-order chi connectivity index (χ1) is 12.5. The molecule has 0 amide bonds. The van der Waals surface area contributed by atoms with E-state index in [1.165, 1.54) is 0 Å². The summed E-state index contributed by atoms with van der Waals surface area (Å²) in [5.41, 5.74) is -6.48. The van der Waals surface area contributed by atoms with E-state index < -0.39 is 55.2 Å². The molecule has 0 heterocycles. The highest BCUT2D eigenvalue weighted by atomic mass is 35.5. The fourth-order valence-corrected chi connectivity index (χ4v) is 2.35. The van der Waals surface area contributed by atoms with Gasteiger partial charge in [0.1, 0.15) is 11.5 Å². The molecule has 1 N–H and O–H groups in total. The Balaban J connectivity index is 2.78. The van der Waals surface area contributed by atoms with Gasteiger partial charge >= 0.3 is 6.18 Å². The molecule has 0 aliphatic rings. The van der Waals surface area contributed by atoms with Crippen molar-refractivity contribution in [3.05, 3.63) is 66.5 Å². The fraction of sp³-hybridized carbons (Fsp3) is 0.0714. The van der Waals surface area contributed by atoms with Gasteiger partial charge in [-0.05, 0) is 12.1 Å². The first kappa shape index (κ1) is 19.9. The zero-order valence-electron chi connectivity index (χ0n) is 12.7. The molecule has 2 rings (SSSR count). The average Bonchev–Trinajstić information content (AvgIpc) is 2.56. The van der Waals surface area contributed by atoms with Crippen molar-refractivity contribution in [1.29, 1.82) is 5.26 Å². The fourth-order valence-electron chi connectivity index (χ4n) is 2.10. The molecule has 0 spiro atoms. The minimum atomic E-state index is -5.24. The summed E-state index contributed by atoms with van der Waals surface area (Å²) >= 11 is 5.73. The third-order valence-corrected chi connectivity index (χ3v) is 3.53. The Morgan fingerprint density at radius 3 is 2.15 bits per heavy atom. The lowest BCUT2D eigenvalue weighted by Crippen LogP contribution is -2.12. The molecule has 0 saturated heterocycles. The number of hydrogen-bond acceptors (Lipinski definition) is 6. The summed E-state index contributed by atoms with van der Waals surface area (Å²) in [5, 5.41) is 32.0. The first-order valence-corrected chi connectivity index (χ1v) is 7.03. The zero-order chi connectivity index (χ0) is 20.5. The van der Waals surface area contributed by atoms with E-state index in [0.717, 1.165) is 6.07 Å². The molecular weight excluding hydrogens is 400 g/mol. The van der Waals surface area contributed by atoms with Gasteiger partial charge in [-0.15, -0.1) is 0 Å². The summed E-state index contributed by atoms with van der Waals surface area (Å²) in [7, 11) is 0. The van der Waals surface area contributed by atoms with Crippen molar-refractivity contribution in [2.45, 2.75) is 6.18 Å². The van der Waals surface area contributed by atoms with Gasteiger partial charge in [-0.2, -0.15) is 18.4 Å². The molecule has 2 aromatic carbocycles. The number of alkyl halides is 3. The molecule has 0 aliphatic heterocycles. The number of halogens is 5. The molecule has 0 fully saturated rings. The van der Waals surface area contributed by atoms with E-state index in [4.69, 9.17) is 16.9 Å². The van der Waals surface area contributed by atoms with Gasteiger partial charge in [0.05, 0.1) is 43.8 Å². The Morgan fingerprint density at radius 2 is 1.70 bits per heavy atom. The molecular formula is C14H5ClF4N4O4. The molecule has 0 aliphatic carbocycles. The number of anilines is 2. The van der Waals surface area contributed by atoms with Crippen molar-refractivity contribution in [3.63, 3.8) is 0 Å². The van der Waals surface area contributed by atoms with Gasteiger partial charge in [0.15, 0.2) is 0 Å². The lowest BCUT2D eigenvalue weighted by atomic mass is 10.1. The number of nitrogens with one attached hydrogen (secondary N) is 1. The monoisotopic (exact) mass is 404 g/mol. The minimum Gasteiger partial charge on any atom is -0.346 e. The van der Waals surface area contributed by atoms with Crippen molar-refractivity contribution in [2.75, 3.05) is 5.32 Å². The summed E-state index contributed by atoms with van der Waals surface area (Å²) in [4.78, 5) is 19.4. The Bertz CT molecular complexity index is 981. The lowest BCUT2D eigenvalue weighted by Gasteiger charge is -2.16. The largest absolute Gasteiger partial charge is 0.418 e. The van der Waals surface area contributed by atoms with Gasteiger partial charge in [0, 0.05) is 6.07 Å². The highest BCUT2D eigenvalue weighted by Gasteiger charge is 2.40. The summed E-state index contributed by atoms with van der Waals surface area (Å²) in [6.07, 6.45) is -5.24. The normalized spacial score (nSPS) is 11.0. The van der Waals surface area contributed by atoms with Crippen LogP contribution in [0.5, 0.6) is 0 Å². The van der Waals surface area contributed by atoms with Gasteiger partial charge in [0.2, 0.25) is 0 Å². The van der Waals surface area contributed by atoms with Crippen LogP contribution in [0.15, 0.2) is 24.3 Å². The number of non-ortho nitro benzene ring substituents is 1. The van der Waals surface area contributed by atoms with E-state index in [9.17, 15) is 37.8 Å². The van der Waals surface area contributed by atoms with Gasteiger partial charge < -0.3 is 5.32 Å². The Hall–Kier alpha value is -3.46. The van der Waals surface area contributed by atoms with Crippen LogP contribution in [0.25, 0.3) is 0 Å². The number of hydrogen-bond donors (Lipinski definition) is 1. The zero-order valence-corrected chi connectivity index (χ0v) is 13.4. The molecule has 0 saturated carbocycles. The van der Waals surface area contributed by atoms with Crippen LogP contribution in [-0.4, -0.2) is 9.85 Å². The van der Waals surface area contributed by atoms with E-state index >= 15 is 0 Å². The second-order valence-corrected chi connectivity index (χ2v) is 5.36. The number of nitro benzene ring substituents is 2. The molecule has 0 radical (unpaired) electrons. The van der Waals surface area contributed by atoms with E-state index in [1.807, 2.05) is 5.32 Å². The standard InChI is InChI=1S/C14H5ClF4N4O4/c15-9-1-6(5-20)2-10(16)13(9)21-12-8(14(17,18)19)3-7(22(24)25)4-11(12)23(26)27/h1-4,21H. The van der Waals surface area contributed by atoms with Crippen molar-refractivity contribution < 1.29 is 27.4 Å². The lowest BCUT2D eigenvalue weighted by molar-refractivity contribution is -0.394. The second kappa shape index (κ2) is 7.04. The Labute approximate surface area is 151 Å². The van der Waals surface area contributed by atoms with E-state index in [2.05, 4.69) is 0 Å². The second-order valence-electron chi connectivity index (χ2n) is 4.95. The van der Waals surface area contributed by atoms with Crippen molar-refractivity contribution in [1.82, 2.24) is 0 Å². The van der Waals surface area contributed by atoms with Crippen LogP contribution in [0, 0.1) is 37.4 Å². The maximum atomic E-state index is 14.1. The third-order valence-electron chi connectivity index (χ3n) is 3.24. The van der Waals surface area contributed by atoms with Gasteiger partial charge in [-0.3, -0.25) is 20.2 Å². The van der Waals surface area contributed by atoms with Crippen LogP contribution < -0.4 is 5.32 Å². The SMILES string of the molecule is N#Cc1cc(F)c(Nc2c([N+](=O)[O-])cc([N+](=O)[O-])cc2C(F)(F)F)c(Cl)c1. The molecule has 140 valence electrons. The van der Waals surface area contributed by atoms with Gasteiger partial charge in [-0.1, -0.05) is 11.6 Å². The summed E-state index contributed by atoms with van der Waals surface area (Å²) in [6.45, 7) is 0. The molecule has 27 heavy (non-hydrogen) atoms. The molecule has 0 bridgehead atoms. The topological polar surface area (TPSA) is 122 Å². The Morgan fingerprint density at radius 1 is 1.07 bits per heavy atom. The number of nitriles is 1. The minimum absolute atomic E-state index is 0.0742. The highest BCUT2D eigenvalue weighted by Crippen LogP contribution is 2.44. The smallest absolute Gasteiger partial charge is 0.346 e. The maximum Gasteiger partial charge on any atom is 0.418 e. The summed E-state index contributed by atoms with van der Waals surface area (Å²) in [5.74, 6) is -1.25.